The Labute approximate surface area is 102 Å². The van der Waals surface area contributed by atoms with E-state index in [1.54, 1.807) is 0 Å². The normalized spacial score (nSPS) is 10.5. The standard InChI is InChI=1S/C14H16P2/c1-9-10(2)14(16)8-7-13(9)11-3-5-12(15)6-4-11/h3-8H,15-16H2,1-2H3. The second-order valence-corrected chi connectivity index (χ2v) is 5.36. The average Bonchev–Trinajstić information content (AvgIpc) is 2.28. The molecule has 2 atom stereocenters. The van der Waals surface area contributed by atoms with Crippen molar-refractivity contribution in [3.05, 3.63) is 47.5 Å². The molecular formula is C14H16P2. The molecule has 82 valence electrons. The van der Waals surface area contributed by atoms with Crippen LogP contribution in [0.5, 0.6) is 0 Å². The highest BCUT2D eigenvalue weighted by atomic mass is 31.0. The molecule has 2 aromatic carbocycles. The van der Waals surface area contributed by atoms with Crippen molar-refractivity contribution in [1.29, 1.82) is 0 Å². The third-order valence-corrected chi connectivity index (χ3v) is 4.06. The number of benzene rings is 2. The highest BCUT2D eigenvalue weighted by Crippen LogP contribution is 2.24. The quantitative estimate of drug-likeness (QED) is 0.679. The van der Waals surface area contributed by atoms with Crippen LogP contribution in [0.4, 0.5) is 0 Å². The minimum atomic E-state index is 1.22. The van der Waals surface area contributed by atoms with Gasteiger partial charge < -0.3 is 0 Å². The van der Waals surface area contributed by atoms with Crippen molar-refractivity contribution >= 4 is 29.1 Å². The van der Waals surface area contributed by atoms with Crippen LogP contribution in [0.15, 0.2) is 36.4 Å². The molecule has 0 saturated carbocycles. The van der Waals surface area contributed by atoms with Gasteiger partial charge in [0.2, 0.25) is 0 Å². The van der Waals surface area contributed by atoms with Crippen molar-refractivity contribution < 1.29 is 0 Å². The van der Waals surface area contributed by atoms with Gasteiger partial charge in [0, 0.05) is 0 Å². The Hall–Kier alpha value is -0.700. The Morgan fingerprint density at radius 2 is 1.38 bits per heavy atom. The fourth-order valence-electron chi connectivity index (χ4n) is 1.82. The van der Waals surface area contributed by atoms with Crippen molar-refractivity contribution in [3.8, 4) is 11.1 Å². The van der Waals surface area contributed by atoms with Gasteiger partial charge in [-0.2, -0.15) is 0 Å². The maximum atomic E-state index is 2.79. The van der Waals surface area contributed by atoms with E-state index in [-0.39, 0.29) is 0 Å². The lowest BCUT2D eigenvalue weighted by molar-refractivity contribution is 1.37. The van der Waals surface area contributed by atoms with Crippen LogP contribution in [0, 0.1) is 13.8 Å². The summed E-state index contributed by atoms with van der Waals surface area (Å²) < 4.78 is 0. The summed E-state index contributed by atoms with van der Waals surface area (Å²) in [6, 6.07) is 13.0. The SMILES string of the molecule is Cc1c(P)ccc(-c2ccc(P)cc2)c1C. The lowest BCUT2D eigenvalue weighted by Crippen LogP contribution is -2.01. The Balaban J connectivity index is 2.57. The molecule has 2 aromatic rings. The van der Waals surface area contributed by atoms with Crippen LogP contribution in [-0.2, 0) is 0 Å². The highest BCUT2D eigenvalue weighted by molar-refractivity contribution is 7.27. The maximum Gasteiger partial charge on any atom is -0.0152 e. The Morgan fingerprint density at radius 3 is 2.00 bits per heavy atom. The molecule has 0 fully saturated rings. The molecule has 0 bridgehead atoms. The first-order valence-electron chi connectivity index (χ1n) is 5.31. The van der Waals surface area contributed by atoms with Gasteiger partial charge in [0.15, 0.2) is 0 Å². The summed E-state index contributed by atoms with van der Waals surface area (Å²) in [6.07, 6.45) is 0. The fraction of sp³-hybridized carbons (Fsp3) is 0.143. The van der Waals surface area contributed by atoms with Gasteiger partial charge in [-0.25, -0.2) is 0 Å². The molecule has 16 heavy (non-hydrogen) atoms. The van der Waals surface area contributed by atoms with E-state index in [1.807, 2.05) is 0 Å². The zero-order valence-corrected chi connectivity index (χ0v) is 11.9. The predicted octanol–water partition coefficient (Wildman–Crippen LogP) is 2.97. The Bertz CT molecular complexity index is 513. The average molecular weight is 246 g/mol. The van der Waals surface area contributed by atoms with Gasteiger partial charge in [0.25, 0.3) is 0 Å². The van der Waals surface area contributed by atoms with Gasteiger partial charge in [0.05, 0.1) is 0 Å². The summed E-state index contributed by atoms with van der Waals surface area (Å²) in [5.41, 5.74) is 5.34. The van der Waals surface area contributed by atoms with E-state index in [1.165, 1.54) is 32.9 Å². The van der Waals surface area contributed by atoms with Crippen LogP contribution in [0.2, 0.25) is 0 Å². The van der Waals surface area contributed by atoms with Gasteiger partial charge >= 0.3 is 0 Å². The van der Waals surface area contributed by atoms with Crippen LogP contribution >= 0.6 is 18.5 Å². The van der Waals surface area contributed by atoms with Gasteiger partial charge in [0.1, 0.15) is 0 Å². The molecule has 0 aliphatic rings. The predicted molar refractivity (Wildman–Crippen MR) is 80.0 cm³/mol. The monoisotopic (exact) mass is 246 g/mol. The van der Waals surface area contributed by atoms with Crippen LogP contribution in [0.1, 0.15) is 11.1 Å². The summed E-state index contributed by atoms with van der Waals surface area (Å²) in [6.45, 7) is 4.36. The third-order valence-electron chi connectivity index (χ3n) is 3.05. The molecule has 0 aromatic heterocycles. The van der Waals surface area contributed by atoms with Crippen molar-refractivity contribution in [2.24, 2.45) is 0 Å². The number of hydrogen-bond donors (Lipinski definition) is 0. The largest absolute Gasteiger partial charge is 0.106 e. The van der Waals surface area contributed by atoms with Crippen molar-refractivity contribution in [2.75, 3.05) is 0 Å². The fourth-order valence-corrected chi connectivity index (χ4v) is 2.32. The van der Waals surface area contributed by atoms with Crippen LogP contribution in [0.3, 0.4) is 0 Å². The van der Waals surface area contributed by atoms with E-state index in [0.29, 0.717) is 0 Å². The molecular weight excluding hydrogens is 230 g/mol. The molecule has 0 saturated heterocycles. The van der Waals surface area contributed by atoms with Crippen LogP contribution in [-0.4, -0.2) is 0 Å². The molecule has 0 aliphatic heterocycles. The lowest BCUT2D eigenvalue weighted by atomic mass is 9.97. The van der Waals surface area contributed by atoms with E-state index in [0.717, 1.165) is 0 Å². The number of hydrogen-bond acceptors (Lipinski definition) is 0. The molecule has 0 N–H and O–H groups in total. The minimum Gasteiger partial charge on any atom is -0.106 e. The first-order valence-corrected chi connectivity index (χ1v) is 6.46. The first-order chi connectivity index (χ1) is 7.59. The van der Waals surface area contributed by atoms with Gasteiger partial charge in [-0.3, -0.25) is 0 Å². The van der Waals surface area contributed by atoms with E-state index in [4.69, 9.17) is 0 Å². The molecule has 0 amide bonds. The molecule has 0 aliphatic carbocycles. The molecule has 0 radical (unpaired) electrons. The van der Waals surface area contributed by atoms with Crippen molar-refractivity contribution in [3.63, 3.8) is 0 Å². The lowest BCUT2D eigenvalue weighted by Gasteiger charge is -2.11. The smallest absolute Gasteiger partial charge is 0.0152 e. The second-order valence-electron chi connectivity index (χ2n) is 4.07. The van der Waals surface area contributed by atoms with Gasteiger partial charge in [-0.15, -0.1) is 18.5 Å². The topological polar surface area (TPSA) is 0 Å². The van der Waals surface area contributed by atoms with E-state index in [9.17, 15) is 0 Å². The molecule has 0 spiro atoms. The Morgan fingerprint density at radius 1 is 0.750 bits per heavy atom. The van der Waals surface area contributed by atoms with E-state index >= 15 is 0 Å². The zero-order valence-electron chi connectivity index (χ0n) is 9.62. The zero-order chi connectivity index (χ0) is 11.7. The highest BCUT2D eigenvalue weighted by Gasteiger charge is 2.05. The van der Waals surface area contributed by atoms with Crippen molar-refractivity contribution in [2.45, 2.75) is 13.8 Å². The first kappa shape index (κ1) is 11.8. The van der Waals surface area contributed by atoms with Gasteiger partial charge in [-0.05, 0) is 46.7 Å². The Kier molecular flexibility index (Phi) is 3.43. The minimum absolute atomic E-state index is 1.22. The summed E-state index contributed by atoms with van der Waals surface area (Å²) >= 11 is 0. The third kappa shape index (κ3) is 2.19. The van der Waals surface area contributed by atoms with Crippen LogP contribution in [0.25, 0.3) is 11.1 Å². The molecule has 0 heterocycles. The van der Waals surface area contributed by atoms with E-state index in [2.05, 4.69) is 68.7 Å². The van der Waals surface area contributed by atoms with Crippen LogP contribution < -0.4 is 10.6 Å². The summed E-state index contributed by atoms with van der Waals surface area (Å²) in [5, 5.41) is 2.50. The molecule has 0 nitrogen and oxygen atoms in total. The van der Waals surface area contributed by atoms with Crippen molar-refractivity contribution in [1.82, 2.24) is 0 Å². The molecule has 2 heteroatoms. The summed E-state index contributed by atoms with van der Waals surface area (Å²) in [5.74, 6) is 0. The van der Waals surface area contributed by atoms with E-state index < -0.39 is 0 Å². The van der Waals surface area contributed by atoms with Gasteiger partial charge in [-0.1, -0.05) is 36.4 Å². The summed E-state index contributed by atoms with van der Waals surface area (Å²) in [4.78, 5) is 0. The molecule has 2 rings (SSSR count). The maximum absolute atomic E-state index is 2.79. The second kappa shape index (κ2) is 4.66. The molecule has 2 unspecified atom stereocenters. The number of rotatable bonds is 1. The summed E-state index contributed by atoms with van der Waals surface area (Å²) in [7, 11) is 5.50.